The Kier molecular flexibility index (Phi) is 9.02. The minimum atomic E-state index is -0.200. The van der Waals surface area contributed by atoms with Crippen molar-refractivity contribution in [1.29, 1.82) is 0 Å². The number of rotatable bonds is 10. The van der Waals surface area contributed by atoms with Crippen LogP contribution in [0.3, 0.4) is 0 Å². The first kappa shape index (κ1) is 23.6. The molecule has 0 aliphatic carbocycles. The Labute approximate surface area is 183 Å². The molecule has 0 aromatic heterocycles. The second-order valence-corrected chi connectivity index (χ2v) is 7.21. The molecule has 7 heteroatoms. The van der Waals surface area contributed by atoms with Crippen LogP contribution in [-0.2, 0) is 4.79 Å². The zero-order valence-corrected chi connectivity index (χ0v) is 18.8. The van der Waals surface area contributed by atoms with E-state index in [1.165, 1.54) is 6.08 Å². The third kappa shape index (κ3) is 6.40. The Balaban J connectivity index is 2.07. The van der Waals surface area contributed by atoms with E-state index in [9.17, 15) is 4.79 Å². The van der Waals surface area contributed by atoms with Crippen LogP contribution in [-0.4, -0.2) is 52.3 Å². The van der Waals surface area contributed by atoms with Crippen molar-refractivity contribution in [2.45, 2.75) is 13.0 Å². The van der Waals surface area contributed by atoms with Crippen LogP contribution in [0.2, 0.25) is 5.02 Å². The van der Waals surface area contributed by atoms with Gasteiger partial charge in [0.25, 0.3) is 0 Å². The molecule has 0 bridgehead atoms. The van der Waals surface area contributed by atoms with Crippen LogP contribution in [0.4, 0.5) is 0 Å². The minimum absolute atomic E-state index is 0.0115. The number of methoxy groups -OCH3 is 2. The molecule has 0 aliphatic heterocycles. The van der Waals surface area contributed by atoms with Gasteiger partial charge >= 0.3 is 0 Å². The number of hydrogen-bond acceptors (Lipinski definition) is 5. The number of ether oxygens (including phenoxy) is 3. The zero-order chi connectivity index (χ0) is 22.1. The normalized spacial score (nSPS) is 12.1. The Morgan fingerprint density at radius 3 is 2.60 bits per heavy atom. The fourth-order valence-corrected chi connectivity index (χ4v) is 3.27. The van der Waals surface area contributed by atoms with Crippen LogP contribution < -0.4 is 19.5 Å². The Bertz CT molecular complexity index is 884. The number of nitrogens with zero attached hydrogens (tertiary/aromatic N) is 1. The highest BCUT2D eigenvalue weighted by Gasteiger charge is 2.15. The van der Waals surface area contributed by atoms with E-state index in [4.69, 9.17) is 25.8 Å². The van der Waals surface area contributed by atoms with E-state index in [0.29, 0.717) is 29.7 Å². The van der Waals surface area contributed by atoms with Gasteiger partial charge in [0.05, 0.1) is 31.9 Å². The van der Waals surface area contributed by atoms with Gasteiger partial charge in [-0.3, -0.25) is 4.79 Å². The lowest BCUT2D eigenvalue weighted by atomic mass is 10.1. The van der Waals surface area contributed by atoms with Gasteiger partial charge in [-0.25, -0.2) is 0 Å². The highest BCUT2D eigenvalue weighted by molar-refractivity contribution is 6.32. The van der Waals surface area contributed by atoms with Gasteiger partial charge in [-0.2, -0.15) is 0 Å². The van der Waals surface area contributed by atoms with Crippen molar-refractivity contribution in [2.24, 2.45) is 0 Å². The molecule has 1 N–H and O–H groups in total. The average molecular weight is 433 g/mol. The lowest BCUT2D eigenvalue weighted by Gasteiger charge is -2.25. The molecule has 2 aromatic rings. The molecular weight excluding hydrogens is 404 g/mol. The van der Waals surface area contributed by atoms with E-state index in [1.807, 2.05) is 45.3 Å². The molecule has 0 radical (unpaired) electrons. The quantitative estimate of drug-likeness (QED) is 0.570. The molecule has 2 rings (SSSR count). The summed E-state index contributed by atoms with van der Waals surface area (Å²) in [7, 11) is 7.13. The van der Waals surface area contributed by atoms with Gasteiger partial charge in [-0.05, 0) is 62.5 Å². The summed E-state index contributed by atoms with van der Waals surface area (Å²) in [5, 5.41) is 3.38. The number of carbonyl (C=O) groups excluding carboxylic acids is 1. The molecule has 0 fully saturated rings. The van der Waals surface area contributed by atoms with Gasteiger partial charge in [0.15, 0.2) is 11.5 Å². The smallest absolute Gasteiger partial charge is 0.244 e. The first-order valence-corrected chi connectivity index (χ1v) is 10.0. The highest BCUT2D eigenvalue weighted by Crippen LogP contribution is 2.36. The monoisotopic (exact) mass is 432 g/mol. The van der Waals surface area contributed by atoms with Crippen molar-refractivity contribution in [3.05, 3.63) is 58.6 Å². The third-order valence-electron chi connectivity index (χ3n) is 4.54. The van der Waals surface area contributed by atoms with Crippen molar-refractivity contribution in [1.82, 2.24) is 10.2 Å². The van der Waals surface area contributed by atoms with Gasteiger partial charge < -0.3 is 24.4 Å². The zero-order valence-electron chi connectivity index (χ0n) is 18.1. The SMILES string of the molecule is CCOc1c(Cl)cc(/C=C/C(=O)NCC(c2cccc(OC)c2)N(C)C)cc1OC. The first-order chi connectivity index (χ1) is 14.4. The molecule has 2 aromatic carbocycles. The Morgan fingerprint density at radius 2 is 1.97 bits per heavy atom. The van der Waals surface area contributed by atoms with E-state index in [0.717, 1.165) is 16.9 Å². The summed E-state index contributed by atoms with van der Waals surface area (Å²) in [5.41, 5.74) is 1.80. The molecular formula is C23H29ClN2O4. The predicted molar refractivity (Wildman–Crippen MR) is 121 cm³/mol. The molecule has 1 atom stereocenters. The fraction of sp³-hybridized carbons (Fsp3) is 0.348. The average Bonchev–Trinajstić information content (AvgIpc) is 2.73. The van der Waals surface area contributed by atoms with Gasteiger partial charge in [0.1, 0.15) is 5.75 Å². The molecule has 0 heterocycles. The van der Waals surface area contributed by atoms with Crippen molar-refractivity contribution in [3.8, 4) is 17.2 Å². The number of nitrogens with one attached hydrogen (secondary N) is 1. The van der Waals surface area contributed by atoms with Crippen molar-refractivity contribution >= 4 is 23.6 Å². The molecule has 1 unspecified atom stereocenters. The second kappa shape index (κ2) is 11.5. The van der Waals surface area contributed by atoms with Crippen LogP contribution in [0.1, 0.15) is 24.1 Å². The Morgan fingerprint density at radius 1 is 1.20 bits per heavy atom. The van der Waals surface area contributed by atoms with Gasteiger partial charge in [-0.15, -0.1) is 0 Å². The van der Waals surface area contributed by atoms with E-state index < -0.39 is 0 Å². The molecule has 0 saturated carbocycles. The third-order valence-corrected chi connectivity index (χ3v) is 4.82. The minimum Gasteiger partial charge on any atom is -0.497 e. The number of likely N-dealkylation sites (N-methyl/N-ethyl adjacent to an activating group) is 1. The number of halogens is 1. The maximum atomic E-state index is 12.4. The lowest BCUT2D eigenvalue weighted by molar-refractivity contribution is -0.116. The predicted octanol–water partition coefficient (Wildman–Crippen LogP) is 4.19. The number of hydrogen-bond donors (Lipinski definition) is 1. The van der Waals surface area contributed by atoms with E-state index >= 15 is 0 Å². The van der Waals surface area contributed by atoms with Gasteiger partial charge in [0, 0.05) is 12.6 Å². The molecule has 162 valence electrons. The summed E-state index contributed by atoms with van der Waals surface area (Å²) >= 11 is 6.28. The largest absolute Gasteiger partial charge is 0.497 e. The molecule has 0 saturated heterocycles. The van der Waals surface area contributed by atoms with Crippen molar-refractivity contribution in [2.75, 3.05) is 41.5 Å². The van der Waals surface area contributed by atoms with Crippen LogP contribution in [0.15, 0.2) is 42.5 Å². The summed E-state index contributed by atoms with van der Waals surface area (Å²) in [4.78, 5) is 14.4. The molecule has 30 heavy (non-hydrogen) atoms. The summed E-state index contributed by atoms with van der Waals surface area (Å²) in [6.45, 7) is 2.81. The highest BCUT2D eigenvalue weighted by atomic mass is 35.5. The standard InChI is InChI=1S/C23H29ClN2O4/c1-6-30-23-19(24)12-16(13-21(23)29-5)10-11-22(27)25-15-20(26(2)3)17-8-7-9-18(14-17)28-4/h7-14,20H,6,15H2,1-5H3,(H,25,27)/b11-10+. The first-order valence-electron chi connectivity index (χ1n) is 9.66. The lowest BCUT2D eigenvalue weighted by Crippen LogP contribution is -2.33. The topological polar surface area (TPSA) is 60.0 Å². The maximum absolute atomic E-state index is 12.4. The summed E-state index contributed by atoms with van der Waals surface area (Å²) in [6, 6.07) is 11.3. The van der Waals surface area contributed by atoms with Crippen molar-refractivity contribution in [3.63, 3.8) is 0 Å². The van der Waals surface area contributed by atoms with Crippen molar-refractivity contribution < 1.29 is 19.0 Å². The second-order valence-electron chi connectivity index (χ2n) is 6.80. The van der Waals surface area contributed by atoms with E-state index in [-0.39, 0.29) is 11.9 Å². The van der Waals surface area contributed by atoms with Crippen LogP contribution >= 0.6 is 11.6 Å². The van der Waals surface area contributed by atoms with Gasteiger partial charge in [-0.1, -0.05) is 23.7 Å². The summed E-state index contributed by atoms with van der Waals surface area (Å²) < 4.78 is 16.2. The van der Waals surface area contributed by atoms with Crippen LogP contribution in [0, 0.1) is 0 Å². The van der Waals surface area contributed by atoms with E-state index in [2.05, 4.69) is 10.2 Å². The molecule has 0 aliphatic rings. The fourth-order valence-electron chi connectivity index (χ4n) is 3.00. The van der Waals surface area contributed by atoms with E-state index in [1.54, 1.807) is 32.4 Å². The maximum Gasteiger partial charge on any atom is 0.244 e. The van der Waals surface area contributed by atoms with Gasteiger partial charge in [0.2, 0.25) is 5.91 Å². The number of benzene rings is 2. The van der Waals surface area contributed by atoms with Crippen LogP contribution in [0.5, 0.6) is 17.2 Å². The molecule has 6 nitrogen and oxygen atoms in total. The number of amides is 1. The summed E-state index contributed by atoms with van der Waals surface area (Å²) in [5.74, 6) is 1.60. The molecule has 1 amide bonds. The number of carbonyl (C=O) groups is 1. The van der Waals surface area contributed by atoms with Crippen LogP contribution in [0.25, 0.3) is 6.08 Å². The summed E-state index contributed by atoms with van der Waals surface area (Å²) in [6.07, 6.45) is 3.17. The molecule has 0 spiro atoms. The Hall–Kier alpha value is -2.70.